The monoisotopic (exact) mass is 547 g/mol. The summed E-state index contributed by atoms with van der Waals surface area (Å²) in [7, 11) is 0. The Morgan fingerprint density at radius 1 is 1.05 bits per heavy atom. The summed E-state index contributed by atoms with van der Waals surface area (Å²) < 4.78 is 31.7. The van der Waals surface area contributed by atoms with Gasteiger partial charge in [0, 0.05) is 55.3 Å². The Balaban J connectivity index is 0.000000426. The second kappa shape index (κ2) is 11.4. The van der Waals surface area contributed by atoms with Crippen LogP contribution in [-0.4, -0.2) is 63.9 Å². The number of hydrogen-bond acceptors (Lipinski definition) is 5. The van der Waals surface area contributed by atoms with Gasteiger partial charge in [0.1, 0.15) is 0 Å². The first-order valence-electron chi connectivity index (χ1n) is 11.9. The lowest BCUT2D eigenvalue weighted by Gasteiger charge is -2.46. The molecule has 11 heteroatoms. The maximum atomic E-state index is 11.3. The van der Waals surface area contributed by atoms with Crippen molar-refractivity contribution in [2.24, 2.45) is 0 Å². The molecule has 0 amide bonds. The van der Waals surface area contributed by atoms with Crippen molar-refractivity contribution < 1.29 is 33.0 Å². The fourth-order valence-electron chi connectivity index (χ4n) is 4.85. The smallest absolute Gasteiger partial charge is 0.478 e. The Labute approximate surface area is 222 Å². The van der Waals surface area contributed by atoms with Gasteiger partial charge in [0.25, 0.3) is 0 Å². The molecule has 2 aliphatic heterocycles. The van der Waals surface area contributed by atoms with Gasteiger partial charge in [-0.15, -0.1) is 0 Å². The lowest BCUT2D eigenvalue weighted by Crippen LogP contribution is -2.54. The summed E-state index contributed by atoms with van der Waals surface area (Å²) >= 11 is 6.07. The minimum Gasteiger partial charge on any atom is -0.478 e. The standard InChI is InChI=1S/C25H24ClN3O2.C2HF3O2/c26-21-5-1-17(2-6-21)23-9-10-27-14-20(23)15-28-11-12-29-22(16-28)7-3-18-13-19(25(30)31)4-8-24(18)29;3-2(4,5)1(6)7/h1-2,4-6,8-10,13-14,22H,3,7,11-12,15-16H2,(H,30,31);(H,6,7)/t22-;/m0./s1. The number of aromatic nitrogens is 1. The van der Waals surface area contributed by atoms with Crippen molar-refractivity contribution in [1.29, 1.82) is 0 Å². The molecule has 5 rings (SSSR count). The Morgan fingerprint density at radius 2 is 1.76 bits per heavy atom. The number of piperazine rings is 1. The highest BCUT2D eigenvalue weighted by atomic mass is 35.5. The third-order valence-electron chi connectivity index (χ3n) is 6.64. The number of aromatic carboxylic acids is 1. The second-order valence-electron chi connectivity index (χ2n) is 9.11. The van der Waals surface area contributed by atoms with E-state index >= 15 is 0 Å². The van der Waals surface area contributed by atoms with E-state index in [-0.39, 0.29) is 0 Å². The van der Waals surface area contributed by atoms with Crippen LogP contribution in [0.25, 0.3) is 11.1 Å². The lowest BCUT2D eigenvalue weighted by atomic mass is 9.92. The molecule has 7 nitrogen and oxygen atoms in total. The number of carboxylic acids is 2. The number of pyridine rings is 1. The molecular weight excluding hydrogens is 523 g/mol. The number of aliphatic carboxylic acids is 1. The van der Waals surface area contributed by atoms with Crippen LogP contribution in [0.15, 0.2) is 60.9 Å². The number of halogens is 4. The number of anilines is 1. The number of hydrogen-bond donors (Lipinski definition) is 2. The molecule has 1 saturated heterocycles. The third-order valence-corrected chi connectivity index (χ3v) is 6.90. The van der Waals surface area contributed by atoms with Gasteiger partial charge in [-0.05, 0) is 71.5 Å². The summed E-state index contributed by atoms with van der Waals surface area (Å²) in [4.78, 5) is 29.5. The molecule has 2 aliphatic rings. The van der Waals surface area contributed by atoms with E-state index in [1.54, 1.807) is 6.07 Å². The minimum absolute atomic E-state index is 0.377. The van der Waals surface area contributed by atoms with Crippen molar-refractivity contribution in [1.82, 2.24) is 9.88 Å². The van der Waals surface area contributed by atoms with Crippen LogP contribution in [0, 0.1) is 0 Å². The fourth-order valence-corrected chi connectivity index (χ4v) is 4.98. The molecule has 1 aromatic heterocycles. The van der Waals surface area contributed by atoms with Gasteiger partial charge < -0.3 is 15.1 Å². The molecule has 0 bridgehead atoms. The van der Waals surface area contributed by atoms with Crippen LogP contribution in [0.2, 0.25) is 5.02 Å². The van der Waals surface area contributed by atoms with E-state index in [0.717, 1.165) is 55.2 Å². The predicted octanol–water partition coefficient (Wildman–Crippen LogP) is 5.37. The molecule has 0 radical (unpaired) electrons. The van der Waals surface area contributed by atoms with Crippen LogP contribution in [0.1, 0.15) is 27.9 Å². The van der Waals surface area contributed by atoms with Crippen molar-refractivity contribution in [3.63, 3.8) is 0 Å². The van der Waals surface area contributed by atoms with Crippen LogP contribution in [-0.2, 0) is 17.8 Å². The van der Waals surface area contributed by atoms with Gasteiger partial charge in [-0.2, -0.15) is 13.2 Å². The number of carboxylic acid groups (broad SMARTS) is 2. The summed E-state index contributed by atoms with van der Waals surface area (Å²) in [6, 6.07) is 16.0. The molecule has 0 saturated carbocycles. The number of carbonyl (C=O) groups is 2. The largest absolute Gasteiger partial charge is 0.490 e. The molecule has 200 valence electrons. The van der Waals surface area contributed by atoms with Crippen molar-refractivity contribution in [3.05, 3.63) is 82.6 Å². The van der Waals surface area contributed by atoms with Crippen molar-refractivity contribution >= 4 is 29.2 Å². The van der Waals surface area contributed by atoms with E-state index in [1.165, 1.54) is 16.8 Å². The van der Waals surface area contributed by atoms with E-state index < -0.39 is 18.1 Å². The zero-order valence-electron chi connectivity index (χ0n) is 20.2. The Kier molecular flexibility index (Phi) is 8.23. The van der Waals surface area contributed by atoms with Crippen LogP contribution in [0.3, 0.4) is 0 Å². The van der Waals surface area contributed by atoms with E-state index in [4.69, 9.17) is 21.5 Å². The van der Waals surface area contributed by atoms with Gasteiger partial charge in [0.05, 0.1) is 5.56 Å². The average Bonchev–Trinajstić information content (AvgIpc) is 2.89. The molecule has 3 heterocycles. The summed E-state index contributed by atoms with van der Waals surface area (Å²) in [5.41, 5.74) is 6.30. The Hall–Kier alpha value is -3.63. The summed E-state index contributed by atoms with van der Waals surface area (Å²) in [6.45, 7) is 3.77. The van der Waals surface area contributed by atoms with Crippen LogP contribution >= 0.6 is 11.6 Å². The quantitative estimate of drug-likeness (QED) is 0.453. The van der Waals surface area contributed by atoms with Gasteiger partial charge in [0.2, 0.25) is 0 Å². The highest BCUT2D eigenvalue weighted by Crippen LogP contribution is 2.34. The molecule has 0 aliphatic carbocycles. The number of fused-ring (bicyclic) bond motifs is 3. The highest BCUT2D eigenvalue weighted by molar-refractivity contribution is 6.30. The van der Waals surface area contributed by atoms with Gasteiger partial charge in [-0.3, -0.25) is 9.88 Å². The Bertz CT molecular complexity index is 1320. The second-order valence-corrected chi connectivity index (χ2v) is 9.55. The van der Waals surface area contributed by atoms with Gasteiger partial charge in [-0.25, -0.2) is 9.59 Å². The number of benzene rings is 2. The highest BCUT2D eigenvalue weighted by Gasteiger charge is 2.38. The van der Waals surface area contributed by atoms with Crippen molar-refractivity contribution in [3.8, 4) is 11.1 Å². The van der Waals surface area contributed by atoms with E-state index in [2.05, 4.69) is 33.0 Å². The number of alkyl halides is 3. The normalized spacial score (nSPS) is 17.1. The van der Waals surface area contributed by atoms with Crippen molar-refractivity contribution in [2.75, 3.05) is 24.5 Å². The SMILES string of the molecule is O=C(O)C(F)(F)F.O=C(O)c1ccc2c(c1)CC[C@H]1CN(Cc3cnccc3-c3ccc(Cl)cc3)CCN21. The molecule has 38 heavy (non-hydrogen) atoms. The molecular formula is C27H25ClF3N3O4. The van der Waals surface area contributed by atoms with Crippen LogP contribution < -0.4 is 4.90 Å². The first-order chi connectivity index (χ1) is 18.0. The number of nitrogens with zero attached hydrogens (tertiary/aromatic N) is 3. The van der Waals surface area contributed by atoms with E-state index in [1.807, 2.05) is 36.7 Å². The fraction of sp³-hybridized carbons (Fsp3) is 0.296. The van der Waals surface area contributed by atoms with E-state index in [0.29, 0.717) is 11.6 Å². The zero-order chi connectivity index (χ0) is 27.4. The average molecular weight is 548 g/mol. The lowest BCUT2D eigenvalue weighted by molar-refractivity contribution is -0.192. The van der Waals surface area contributed by atoms with Crippen LogP contribution in [0.5, 0.6) is 0 Å². The maximum absolute atomic E-state index is 11.3. The molecule has 2 aromatic carbocycles. The topological polar surface area (TPSA) is 94.0 Å². The van der Waals surface area contributed by atoms with Gasteiger partial charge in [-0.1, -0.05) is 23.7 Å². The molecule has 3 aromatic rings. The number of aryl methyl sites for hydroxylation is 1. The van der Waals surface area contributed by atoms with Crippen LogP contribution in [0.4, 0.5) is 18.9 Å². The summed E-state index contributed by atoms with van der Waals surface area (Å²) in [6.07, 6.45) is 0.701. The predicted molar refractivity (Wildman–Crippen MR) is 137 cm³/mol. The molecule has 1 fully saturated rings. The van der Waals surface area contributed by atoms with Gasteiger partial charge >= 0.3 is 18.1 Å². The first kappa shape index (κ1) is 27.4. The Morgan fingerprint density at radius 3 is 2.42 bits per heavy atom. The molecule has 2 N–H and O–H groups in total. The number of rotatable bonds is 4. The van der Waals surface area contributed by atoms with Crippen molar-refractivity contribution in [2.45, 2.75) is 31.6 Å². The third kappa shape index (κ3) is 6.43. The van der Waals surface area contributed by atoms with E-state index in [9.17, 15) is 23.1 Å². The summed E-state index contributed by atoms with van der Waals surface area (Å²) in [5.74, 6) is -3.62. The van der Waals surface area contributed by atoms with Gasteiger partial charge in [0.15, 0.2) is 0 Å². The first-order valence-corrected chi connectivity index (χ1v) is 12.2. The molecule has 0 unspecified atom stereocenters. The minimum atomic E-state index is -5.08. The summed E-state index contributed by atoms with van der Waals surface area (Å²) in [5, 5.41) is 17.1. The maximum Gasteiger partial charge on any atom is 0.490 e. The molecule has 0 spiro atoms. The zero-order valence-corrected chi connectivity index (χ0v) is 20.9. The molecule has 1 atom stereocenters.